The number of nitrogens with zero attached hydrogens (tertiary/aromatic N) is 1. The van der Waals surface area contributed by atoms with E-state index in [1.54, 1.807) is 20.8 Å². The van der Waals surface area contributed by atoms with Gasteiger partial charge in [-0.3, -0.25) is 14.4 Å². The van der Waals surface area contributed by atoms with Crippen molar-refractivity contribution in [2.24, 2.45) is 5.73 Å². The molecular formula is C29H40N4O5. The summed E-state index contributed by atoms with van der Waals surface area (Å²) in [7, 11) is 1.50. The summed E-state index contributed by atoms with van der Waals surface area (Å²) in [5.74, 6) is -1.58. The van der Waals surface area contributed by atoms with E-state index in [1.807, 2.05) is 64.1 Å². The molecule has 0 aliphatic rings. The third-order valence-electron chi connectivity index (χ3n) is 5.94. The molecule has 0 spiro atoms. The van der Waals surface area contributed by atoms with Crippen LogP contribution in [0, 0.1) is 27.7 Å². The van der Waals surface area contributed by atoms with Gasteiger partial charge in [-0.1, -0.05) is 47.5 Å². The molecule has 0 saturated carbocycles. The third kappa shape index (κ3) is 8.61. The second kappa shape index (κ2) is 12.6. The minimum atomic E-state index is -1.14. The number of amides is 4. The van der Waals surface area contributed by atoms with Gasteiger partial charge < -0.3 is 26.0 Å². The van der Waals surface area contributed by atoms with Crippen LogP contribution in [0.25, 0.3) is 0 Å². The summed E-state index contributed by atoms with van der Waals surface area (Å²) in [4.78, 5) is 52.9. The number of nitrogens with two attached hydrogens (primary N) is 1. The van der Waals surface area contributed by atoms with E-state index < -0.39 is 41.5 Å². The highest BCUT2D eigenvalue weighted by atomic mass is 16.6. The van der Waals surface area contributed by atoms with Crippen LogP contribution in [0.5, 0.6) is 0 Å². The molecule has 9 heteroatoms. The van der Waals surface area contributed by atoms with E-state index in [0.29, 0.717) is 11.3 Å². The Balaban J connectivity index is 2.48. The summed E-state index contributed by atoms with van der Waals surface area (Å²) in [6, 6.07) is 9.23. The van der Waals surface area contributed by atoms with Crippen molar-refractivity contribution < 1.29 is 23.9 Å². The van der Waals surface area contributed by atoms with Crippen molar-refractivity contribution in [1.29, 1.82) is 0 Å². The first kappa shape index (κ1) is 30.3. The summed E-state index contributed by atoms with van der Waals surface area (Å²) in [5, 5.41) is 5.55. The van der Waals surface area contributed by atoms with Crippen LogP contribution in [-0.4, -0.2) is 47.4 Å². The number of hydrogen-bond donors (Lipinski definition) is 3. The van der Waals surface area contributed by atoms with E-state index in [-0.39, 0.29) is 12.8 Å². The van der Waals surface area contributed by atoms with Gasteiger partial charge in [0.1, 0.15) is 17.7 Å². The Bertz CT molecular complexity index is 1160. The zero-order valence-corrected chi connectivity index (χ0v) is 23.6. The van der Waals surface area contributed by atoms with Crippen molar-refractivity contribution in [2.45, 2.75) is 79.0 Å². The third-order valence-corrected chi connectivity index (χ3v) is 5.94. The zero-order chi connectivity index (χ0) is 28.8. The lowest BCUT2D eigenvalue weighted by Gasteiger charge is -2.32. The van der Waals surface area contributed by atoms with Gasteiger partial charge in [-0.2, -0.15) is 0 Å². The lowest BCUT2D eigenvalue weighted by atomic mass is 9.98. The molecule has 9 nitrogen and oxygen atoms in total. The standard InChI is InChI=1S/C29H40N4O5/c1-17-14-18(2)16-21(15-17)25(26(35)32-24-19(3)10-9-11-20(24)4)33(8)27(36)22(12-13-23(30)34)31-28(37)38-29(5,6)7/h9-11,14-16,22,25H,12-13H2,1-8H3,(H2,30,34)(H,31,37)(H,32,35). The van der Waals surface area contributed by atoms with Gasteiger partial charge in [0.2, 0.25) is 11.8 Å². The maximum Gasteiger partial charge on any atom is 0.408 e. The molecule has 0 aliphatic heterocycles. The molecular weight excluding hydrogens is 484 g/mol. The molecule has 2 rings (SSSR count). The van der Waals surface area contributed by atoms with E-state index in [1.165, 1.54) is 11.9 Å². The molecule has 4 amide bonds. The van der Waals surface area contributed by atoms with Crippen molar-refractivity contribution in [3.8, 4) is 0 Å². The minimum absolute atomic E-state index is 0.0458. The largest absolute Gasteiger partial charge is 0.444 e. The van der Waals surface area contributed by atoms with Crippen LogP contribution in [0.3, 0.4) is 0 Å². The van der Waals surface area contributed by atoms with E-state index in [0.717, 1.165) is 22.3 Å². The topological polar surface area (TPSA) is 131 Å². The van der Waals surface area contributed by atoms with Gasteiger partial charge in [0, 0.05) is 19.2 Å². The van der Waals surface area contributed by atoms with E-state index >= 15 is 0 Å². The number of nitrogens with one attached hydrogen (secondary N) is 2. The van der Waals surface area contributed by atoms with E-state index in [9.17, 15) is 19.2 Å². The second-order valence-corrected chi connectivity index (χ2v) is 10.7. The van der Waals surface area contributed by atoms with Crippen molar-refractivity contribution >= 4 is 29.5 Å². The molecule has 0 heterocycles. The predicted molar refractivity (Wildman–Crippen MR) is 148 cm³/mol. The first-order chi connectivity index (χ1) is 17.6. The van der Waals surface area contributed by atoms with Crippen LogP contribution < -0.4 is 16.4 Å². The molecule has 0 aromatic heterocycles. The Morgan fingerprint density at radius 2 is 1.53 bits per heavy atom. The molecule has 4 N–H and O–H groups in total. The minimum Gasteiger partial charge on any atom is -0.444 e. The fourth-order valence-corrected chi connectivity index (χ4v) is 4.29. The number of primary amides is 1. The Labute approximate surface area is 225 Å². The van der Waals surface area contributed by atoms with Gasteiger partial charge in [0.15, 0.2) is 0 Å². The molecule has 2 aromatic carbocycles. The summed E-state index contributed by atoms with van der Waals surface area (Å²) in [6.07, 6.45) is -0.990. The number of carbonyl (C=O) groups excluding carboxylic acids is 4. The molecule has 2 atom stereocenters. The zero-order valence-electron chi connectivity index (χ0n) is 23.6. The maximum atomic E-state index is 13.8. The van der Waals surface area contributed by atoms with Crippen LogP contribution in [0.15, 0.2) is 36.4 Å². The first-order valence-corrected chi connectivity index (χ1v) is 12.6. The molecule has 0 radical (unpaired) electrons. The monoisotopic (exact) mass is 524 g/mol. The van der Waals surface area contributed by atoms with E-state index in [4.69, 9.17) is 10.5 Å². The second-order valence-electron chi connectivity index (χ2n) is 10.7. The number of benzene rings is 2. The number of carbonyl (C=O) groups is 4. The number of likely N-dealkylation sites (N-methyl/N-ethyl adjacent to an activating group) is 1. The number of alkyl carbamates (subject to hydrolysis) is 1. The molecule has 2 aromatic rings. The molecule has 0 fully saturated rings. The molecule has 0 aliphatic carbocycles. The lowest BCUT2D eigenvalue weighted by molar-refractivity contribution is -0.139. The lowest BCUT2D eigenvalue weighted by Crippen LogP contribution is -2.51. The quantitative estimate of drug-likeness (QED) is 0.452. The average Bonchev–Trinajstić information content (AvgIpc) is 2.76. The molecule has 2 unspecified atom stereocenters. The molecule has 0 saturated heterocycles. The molecule has 38 heavy (non-hydrogen) atoms. The van der Waals surface area contributed by atoms with Gasteiger partial charge in [-0.15, -0.1) is 0 Å². The van der Waals surface area contributed by atoms with Crippen LogP contribution in [0.4, 0.5) is 10.5 Å². The van der Waals surface area contributed by atoms with E-state index in [2.05, 4.69) is 10.6 Å². The number of hydrogen-bond acceptors (Lipinski definition) is 5. The number of aryl methyl sites for hydroxylation is 4. The highest BCUT2D eigenvalue weighted by Crippen LogP contribution is 2.27. The van der Waals surface area contributed by atoms with Crippen molar-refractivity contribution in [3.63, 3.8) is 0 Å². The maximum absolute atomic E-state index is 13.8. The predicted octanol–water partition coefficient (Wildman–Crippen LogP) is 4.22. The van der Waals surface area contributed by atoms with Gasteiger partial charge in [-0.25, -0.2) is 4.79 Å². The Hall–Kier alpha value is -3.88. The Morgan fingerprint density at radius 3 is 2.03 bits per heavy atom. The Kier molecular flexibility index (Phi) is 10.0. The van der Waals surface area contributed by atoms with Crippen LogP contribution in [-0.2, 0) is 19.1 Å². The normalized spacial score (nSPS) is 12.7. The summed E-state index contributed by atoms with van der Waals surface area (Å²) in [6.45, 7) is 12.7. The number of ether oxygens (including phenoxy) is 1. The number of para-hydroxylation sites is 1. The van der Waals surface area contributed by atoms with Gasteiger partial charge in [-0.05, 0) is 71.6 Å². The van der Waals surface area contributed by atoms with Crippen molar-refractivity contribution in [3.05, 3.63) is 64.2 Å². The fraction of sp³-hybridized carbons (Fsp3) is 0.448. The average molecular weight is 525 g/mol. The highest BCUT2D eigenvalue weighted by Gasteiger charge is 2.34. The highest BCUT2D eigenvalue weighted by molar-refractivity contribution is 6.00. The smallest absolute Gasteiger partial charge is 0.408 e. The SMILES string of the molecule is Cc1cc(C)cc(C(C(=O)Nc2c(C)cccc2C)N(C)C(=O)C(CCC(N)=O)NC(=O)OC(C)(C)C)c1. The van der Waals surface area contributed by atoms with Gasteiger partial charge >= 0.3 is 6.09 Å². The summed E-state index contributed by atoms with van der Waals surface area (Å²) < 4.78 is 5.32. The summed E-state index contributed by atoms with van der Waals surface area (Å²) >= 11 is 0. The molecule has 0 bridgehead atoms. The van der Waals surface area contributed by atoms with Crippen LogP contribution >= 0.6 is 0 Å². The van der Waals surface area contributed by atoms with Gasteiger partial charge in [0.25, 0.3) is 5.91 Å². The number of rotatable bonds is 9. The number of anilines is 1. The van der Waals surface area contributed by atoms with Crippen LogP contribution in [0.2, 0.25) is 0 Å². The Morgan fingerprint density at radius 1 is 0.974 bits per heavy atom. The summed E-state index contributed by atoms with van der Waals surface area (Å²) in [5.41, 5.74) is 9.46. The van der Waals surface area contributed by atoms with Gasteiger partial charge in [0.05, 0.1) is 0 Å². The van der Waals surface area contributed by atoms with Crippen LogP contribution in [0.1, 0.15) is 67.5 Å². The fourth-order valence-electron chi connectivity index (χ4n) is 4.29. The van der Waals surface area contributed by atoms with Crippen molar-refractivity contribution in [1.82, 2.24) is 10.2 Å². The first-order valence-electron chi connectivity index (χ1n) is 12.6. The van der Waals surface area contributed by atoms with Crippen molar-refractivity contribution in [2.75, 3.05) is 12.4 Å². The molecule has 206 valence electrons.